The zero-order valence-corrected chi connectivity index (χ0v) is 19.1. The number of thiol groups is 1. The maximum absolute atomic E-state index is 13.7. The van der Waals surface area contributed by atoms with Gasteiger partial charge in [0.2, 0.25) is 11.7 Å². The second-order valence-electron chi connectivity index (χ2n) is 8.71. The van der Waals surface area contributed by atoms with E-state index in [2.05, 4.69) is 12.6 Å². The summed E-state index contributed by atoms with van der Waals surface area (Å²) in [4.78, 5) is 39.7. The number of likely N-dealkylation sites (N-methyl/N-ethyl adjacent to an activating group) is 1. The Bertz CT molecular complexity index is 1030. The Labute approximate surface area is 195 Å². The first kappa shape index (κ1) is 25.2. The van der Waals surface area contributed by atoms with Gasteiger partial charge in [-0.2, -0.15) is 12.6 Å². The van der Waals surface area contributed by atoms with Crippen molar-refractivity contribution in [3.63, 3.8) is 0 Å². The van der Waals surface area contributed by atoms with Crippen LogP contribution in [0.5, 0.6) is 5.75 Å². The van der Waals surface area contributed by atoms with Crippen molar-refractivity contribution in [1.29, 1.82) is 0 Å². The van der Waals surface area contributed by atoms with Crippen molar-refractivity contribution in [3.05, 3.63) is 34.9 Å². The number of hydrogen-bond donors (Lipinski definition) is 7. The van der Waals surface area contributed by atoms with E-state index >= 15 is 0 Å². The molecule has 0 bridgehead atoms. The van der Waals surface area contributed by atoms with E-state index in [4.69, 9.17) is 5.73 Å². The average molecular weight is 481 g/mol. The van der Waals surface area contributed by atoms with Gasteiger partial charge in [-0.15, -0.1) is 0 Å². The van der Waals surface area contributed by atoms with Crippen molar-refractivity contribution in [2.75, 3.05) is 26.5 Å². The first-order valence-electron chi connectivity index (χ1n) is 10.3. The summed E-state index contributed by atoms with van der Waals surface area (Å²) in [6, 6.07) is 3.39. The molecule has 0 aliphatic heterocycles. The molecule has 7 N–H and O–H groups in total. The van der Waals surface area contributed by atoms with Crippen LogP contribution in [0.4, 0.5) is 0 Å². The minimum Gasteiger partial charge on any atom is -0.507 e. The lowest BCUT2D eigenvalue weighted by atomic mass is 9.56. The molecule has 0 radical (unpaired) electrons. The van der Waals surface area contributed by atoms with Crippen LogP contribution in [0, 0.1) is 11.8 Å². The fourth-order valence-electron chi connectivity index (χ4n) is 5.23. The minimum absolute atomic E-state index is 0.0576. The van der Waals surface area contributed by atoms with Crippen molar-refractivity contribution in [1.82, 2.24) is 4.90 Å². The summed E-state index contributed by atoms with van der Waals surface area (Å²) in [7, 11) is 3.06. The van der Waals surface area contributed by atoms with Crippen molar-refractivity contribution in [3.8, 4) is 5.75 Å². The molecule has 11 heteroatoms. The maximum Gasteiger partial charge on any atom is 0.225 e. The highest BCUT2D eigenvalue weighted by molar-refractivity contribution is 7.80. The number of nitrogens with two attached hydrogens (primary N) is 1. The first-order chi connectivity index (χ1) is 15.4. The van der Waals surface area contributed by atoms with E-state index in [-0.39, 0.29) is 17.1 Å². The van der Waals surface area contributed by atoms with E-state index < -0.39 is 77.3 Å². The molecule has 0 aromatic heterocycles. The molecule has 1 amide bonds. The number of hydrogen-bond acceptors (Lipinski definition) is 10. The Kier molecular flexibility index (Phi) is 6.92. The van der Waals surface area contributed by atoms with Crippen LogP contribution in [0.1, 0.15) is 23.5 Å². The lowest BCUT2D eigenvalue weighted by molar-refractivity contribution is -0.176. The van der Waals surface area contributed by atoms with Crippen LogP contribution in [0.25, 0.3) is 5.76 Å². The Hall–Kier alpha value is -2.44. The molecule has 1 fully saturated rings. The van der Waals surface area contributed by atoms with Gasteiger partial charge in [0.15, 0.2) is 11.4 Å². The normalized spacial score (nSPS) is 30.1. The Morgan fingerprint density at radius 2 is 1.91 bits per heavy atom. The highest BCUT2D eigenvalue weighted by Gasteiger charge is 2.65. The summed E-state index contributed by atoms with van der Waals surface area (Å²) in [5, 5.41) is 54.5. The molecule has 1 aromatic carbocycles. The number of Topliss-reactive ketones (excluding diaryl/α,β-unsaturated/α-hetero) is 2. The number of primary amides is 1. The molecule has 33 heavy (non-hydrogen) atoms. The van der Waals surface area contributed by atoms with Gasteiger partial charge in [0.25, 0.3) is 0 Å². The first-order valence-corrected chi connectivity index (χ1v) is 11.0. The zero-order chi connectivity index (χ0) is 24.8. The SMILES string of the molecule is CN(C)[C@H](CO)[C@@H]1[C@@H](O)[C@H]2C(=C(O)c3c(O)cccc3[C@@H]2CS)C(=O)[C@]1(O)C(=O)CC(N)=O. The van der Waals surface area contributed by atoms with Crippen LogP contribution in [-0.2, 0) is 14.4 Å². The quantitative estimate of drug-likeness (QED) is 0.189. The number of fused-ring (bicyclic) bond motifs is 2. The molecule has 180 valence electrons. The summed E-state index contributed by atoms with van der Waals surface area (Å²) < 4.78 is 0. The fraction of sp³-hybridized carbons (Fsp3) is 0.500. The third-order valence-corrected chi connectivity index (χ3v) is 7.16. The molecule has 10 nitrogen and oxygen atoms in total. The molecule has 1 saturated carbocycles. The van der Waals surface area contributed by atoms with Crippen molar-refractivity contribution >= 4 is 35.9 Å². The summed E-state index contributed by atoms with van der Waals surface area (Å²) >= 11 is 4.35. The van der Waals surface area contributed by atoms with E-state index in [1.54, 1.807) is 12.1 Å². The topological polar surface area (TPSA) is 182 Å². The number of nitrogens with zero attached hydrogens (tertiary/aromatic N) is 1. The number of ketones is 2. The van der Waals surface area contributed by atoms with Crippen LogP contribution >= 0.6 is 12.6 Å². The van der Waals surface area contributed by atoms with Crippen LogP contribution in [0.3, 0.4) is 0 Å². The lowest BCUT2D eigenvalue weighted by Gasteiger charge is -2.52. The van der Waals surface area contributed by atoms with Crippen molar-refractivity contribution < 1.29 is 39.9 Å². The van der Waals surface area contributed by atoms with E-state index in [0.29, 0.717) is 5.56 Å². The van der Waals surface area contributed by atoms with Gasteiger partial charge in [-0.05, 0) is 31.5 Å². The van der Waals surface area contributed by atoms with E-state index in [1.807, 2.05) is 0 Å². The third-order valence-electron chi connectivity index (χ3n) is 6.76. The summed E-state index contributed by atoms with van der Waals surface area (Å²) in [6.07, 6.45) is -2.61. The number of aliphatic hydroxyl groups excluding tert-OH is 3. The molecular weight excluding hydrogens is 452 g/mol. The third kappa shape index (κ3) is 3.73. The van der Waals surface area contributed by atoms with Crippen LogP contribution < -0.4 is 5.73 Å². The Balaban J connectivity index is 2.35. The van der Waals surface area contributed by atoms with Gasteiger partial charge < -0.3 is 36.2 Å². The highest BCUT2D eigenvalue weighted by Crippen LogP contribution is 2.54. The number of amides is 1. The van der Waals surface area contributed by atoms with E-state index in [0.717, 1.165) is 0 Å². The number of carbonyl (C=O) groups is 3. The van der Waals surface area contributed by atoms with Gasteiger partial charge in [-0.1, -0.05) is 12.1 Å². The molecular formula is C22H28N2O8S. The van der Waals surface area contributed by atoms with Gasteiger partial charge in [0.1, 0.15) is 11.5 Å². The molecule has 0 saturated heterocycles. The number of aromatic hydroxyl groups is 1. The molecule has 2 aliphatic carbocycles. The van der Waals surface area contributed by atoms with Crippen LogP contribution in [-0.4, -0.2) is 92.1 Å². The number of benzene rings is 1. The highest BCUT2D eigenvalue weighted by atomic mass is 32.1. The summed E-state index contributed by atoms with van der Waals surface area (Å²) in [6.45, 7) is -0.630. The maximum atomic E-state index is 13.7. The van der Waals surface area contributed by atoms with E-state index in [9.17, 15) is 39.9 Å². The second-order valence-corrected chi connectivity index (χ2v) is 9.08. The summed E-state index contributed by atoms with van der Waals surface area (Å²) in [5.41, 5.74) is 2.10. The van der Waals surface area contributed by atoms with Gasteiger partial charge in [0.05, 0.1) is 24.7 Å². The zero-order valence-electron chi connectivity index (χ0n) is 18.2. The van der Waals surface area contributed by atoms with Crippen molar-refractivity contribution in [2.45, 2.75) is 30.1 Å². The van der Waals surface area contributed by atoms with E-state index in [1.165, 1.54) is 25.1 Å². The average Bonchev–Trinajstić information content (AvgIpc) is 2.74. The molecule has 1 aromatic rings. The van der Waals surface area contributed by atoms with Gasteiger partial charge in [-0.25, -0.2) is 0 Å². The molecule has 2 aliphatic rings. The largest absolute Gasteiger partial charge is 0.507 e. The molecule has 0 heterocycles. The van der Waals surface area contributed by atoms with Gasteiger partial charge in [0, 0.05) is 29.4 Å². The predicted octanol–water partition coefficient (Wildman–Crippen LogP) is -1.04. The second kappa shape index (κ2) is 9.07. The molecule has 0 unspecified atom stereocenters. The Morgan fingerprint density at radius 1 is 1.27 bits per heavy atom. The molecule has 6 atom stereocenters. The van der Waals surface area contributed by atoms with Gasteiger partial charge in [-0.3, -0.25) is 14.4 Å². The molecule has 0 spiro atoms. The van der Waals surface area contributed by atoms with Crippen LogP contribution in [0.2, 0.25) is 0 Å². The Morgan fingerprint density at radius 3 is 2.42 bits per heavy atom. The number of carbonyl (C=O) groups excluding carboxylic acids is 3. The lowest BCUT2D eigenvalue weighted by Crippen LogP contribution is -2.69. The number of rotatable bonds is 7. The van der Waals surface area contributed by atoms with Crippen LogP contribution in [0.15, 0.2) is 23.8 Å². The predicted molar refractivity (Wildman–Crippen MR) is 121 cm³/mol. The number of phenols is 1. The number of aliphatic hydroxyl groups is 4. The monoisotopic (exact) mass is 480 g/mol. The number of phenolic OH excluding ortho intramolecular Hbond substituents is 1. The minimum atomic E-state index is -2.96. The van der Waals surface area contributed by atoms with Gasteiger partial charge >= 0.3 is 0 Å². The van der Waals surface area contributed by atoms with Crippen molar-refractivity contribution in [2.24, 2.45) is 17.6 Å². The molecule has 3 rings (SSSR count). The standard InChI is InChI=1S/C22H28N2O8S/c1-24(2)11(7-25)18-20(30)16-10(8-33)9-4-3-5-12(26)15(9)19(29)17(16)21(31)22(18,32)13(27)6-14(23)28/h3-5,10-11,16,18,20,25-26,29-30,32-33H,6-8H2,1-2H3,(H2,23,28)/t10-,11+,16+,18+,20-,22-/m0/s1. The fourth-order valence-corrected chi connectivity index (χ4v) is 5.65. The summed E-state index contributed by atoms with van der Waals surface area (Å²) in [5.74, 6) is -7.83. The smallest absolute Gasteiger partial charge is 0.225 e.